The minimum absolute atomic E-state index is 0.0578. The number of methoxy groups -OCH3 is 1. The van der Waals surface area contributed by atoms with Gasteiger partial charge in [-0.1, -0.05) is 0 Å². The molecule has 2 fully saturated rings. The Hall–Kier alpha value is -1.14. The molecule has 2 aliphatic rings. The highest BCUT2D eigenvalue weighted by molar-refractivity contribution is 5.88. The van der Waals surface area contributed by atoms with E-state index < -0.39 is 6.04 Å². The molecule has 0 saturated carbocycles. The van der Waals surface area contributed by atoms with Crippen molar-refractivity contribution in [3.8, 4) is 0 Å². The Morgan fingerprint density at radius 3 is 2.94 bits per heavy atom. The number of ether oxygens (including phenoxy) is 2. The quantitative estimate of drug-likeness (QED) is 0.638. The number of carbonyl (C=O) groups excluding carboxylic acids is 2. The van der Waals surface area contributed by atoms with Crippen molar-refractivity contribution in [1.82, 2.24) is 10.2 Å². The Kier molecular flexibility index (Phi) is 3.96. The lowest BCUT2D eigenvalue weighted by molar-refractivity contribution is -0.152. The van der Waals surface area contributed by atoms with Crippen LogP contribution in [0.5, 0.6) is 0 Å². The number of morpholine rings is 1. The average molecular weight is 242 g/mol. The van der Waals surface area contributed by atoms with Crippen LogP contribution in [0, 0.1) is 0 Å². The van der Waals surface area contributed by atoms with E-state index >= 15 is 0 Å². The van der Waals surface area contributed by atoms with Crippen molar-refractivity contribution in [1.29, 1.82) is 0 Å². The molecule has 2 saturated heterocycles. The number of amides is 1. The molecule has 6 heteroatoms. The van der Waals surface area contributed by atoms with E-state index in [1.165, 1.54) is 7.11 Å². The summed E-state index contributed by atoms with van der Waals surface area (Å²) in [5.74, 6) is -0.384. The van der Waals surface area contributed by atoms with Crippen LogP contribution < -0.4 is 5.32 Å². The molecule has 6 nitrogen and oxygen atoms in total. The third kappa shape index (κ3) is 2.58. The van der Waals surface area contributed by atoms with Gasteiger partial charge in [-0.3, -0.25) is 4.79 Å². The van der Waals surface area contributed by atoms with Gasteiger partial charge in [-0.25, -0.2) is 4.79 Å². The largest absolute Gasteiger partial charge is 0.467 e. The van der Waals surface area contributed by atoms with Gasteiger partial charge in [-0.15, -0.1) is 0 Å². The molecule has 2 rings (SSSR count). The van der Waals surface area contributed by atoms with Crippen LogP contribution in [0.3, 0.4) is 0 Å². The molecule has 0 aromatic carbocycles. The van der Waals surface area contributed by atoms with Crippen LogP contribution >= 0.6 is 0 Å². The summed E-state index contributed by atoms with van der Waals surface area (Å²) in [4.78, 5) is 25.4. The summed E-state index contributed by atoms with van der Waals surface area (Å²) in [5, 5.41) is 3.10. The standard InChI is InChI=1S/C11H18N2O4/c1-16-11(15)9-3-2-5-13(9)10(14)8-7-17-6-4-12-8/h8-9,12H,2-7H2,1H3/t8-,9+/m0/s1. The molecule has 0 bridgehead atoms. The fourth-order valence-corrected chi connectivity index (χ4v) is 2.34. The van der Waals surface area contributed by atoms with Gasteiger partial charge in [0.2, 0.25) is 5.91 Å². The van der Waals surface area contributed by atoms with E-state index in [1.807, 2.05) is 0 Å². The summed E-state index contributed by atoms with van der Waals surface area (Å²) in [6.45, 7) is 2.30. The molecular formula is C11H18N2O4. The second-order valence-corrected chi connectivity index (χ2v) is 4.29. The molecule has 17 heavy (non-hydrogen) atoms. The van der Waals surface area contributed by atoms with Crippen LogP contribution in [0.2, 0.25) is 0 Å². The first-order valence-corrected chi connectivity index (χ1v) is 5.93. The monoisotopic (exact) mass is 242 g/mol. The number of carbonyl (C=O) groups is 2. The summed E-state index contributed by atoms with van der Waals surface area (Å²) in [6, 6.07) is -0.745. The highest BCUT2D eigenvalue weighted by atomic mass is 16.5. The summed E-state index contributed by atoms with van der Waals surface area (Å²) in [5.41, 5.74) is 0. The van der Waals surface area contributed by atoms with Crippen LogP contribution in [0.15, 0.2) is 0 Å². The molecule has 2 atom stereocenters. The average Bonchev–Trinajstić information content (AvgIpc) is 2.87. The lowest BCUT2D eigenvalue weighted by Crippen LogP contribution is -2.54. The first-order chi connectivity index (χ1) is 8.24. The number of hydrogen-bond donors (Lipinski definition) is 1. The number of nitrogens with one attached hydrogen (secondary N) is 1. The molecule has 0 aliphatic carbocycles. The second-order valence-electron chi connectivity index (χ2n) is 4.29. The second kappa shape index (κ2) is 5.46. The third-order valence-electron chi connectivity index (χ3n) is 3.23. The third-order valence-corrected chi connectivity index (χ3v) is 3.23. The van der Waals surface area contributed by atoms with Crippen LogP contribution in [0.25, 0.3) is 0 Å². The van der Waals surface area contributed by atoms with Gasteiger partial charge in [0.15, 0.2) is 0 Å². The van der Waals surface area contributed by atoms with Crippen LogP contribution in [-0.2, 0) is 19.1 Å². The molecule has 2 heterocycles. The zero-order chi connectivity index (χ0) is 12.3. The minimum Gasteiger partial charge on any atom is -0.467 e. The van der Waals surface area contributed by atoms with Gasteiger partial charge in [0.05, 0.1) is 20.3 Å². The zero-order valence-electron chi connectivity index (χ0n) is 9.98. The molecule has 0 aromatic rings. The van der Waals surface area contributed by atoms with Gasteiger partial charge in [0.25, 0.3) is 0 Å². The number of nitrogens with zero attached hydrogens (tertiary/aromatic N) is 1. The smallest absolute Gasteiger partial charge is 0.328 e. The maximum atomic E-state index is 12.2. The Labute approximate surface area is 100 Å². The van der Waals surface area contributed by atoms with E-state index in [-0.39, 0.29) is 17.9 Å². The van der Waals surface area contributed by atoms with Gasteiger partial charge < -0.3 is 19.7 Å². The van der Waals surface area contributed by atoms with Crippen LogP contribution in [0.1, 0.15) is 12.8 Å². The number of hydrogen-bond acceptors (Lipinski definition) is 5. The van der Waals surface area contributed by atoms with E-state index in [1.54, 1.807) is 4.90 Å². The number of rotatable bonds is 2. The first kappa shape index (κ1) is 12.3. The predicted molar refractivity (Wildman–Crippen MR) is 59.4 cm³/mol. The molecule has 0 aromatic heterocycles. The molecule has 0 radical (unpaired) electrons. The van der Waals surface area contributed by atoms with Crippen molar-refractivity contribution in [3.63, 3.8) is 0 Å². The van der Waals surface area contributed by atoms with Gasteiger partial charge >= 0.3 is 5.97 Å². The molecule has 0 unspecified atom stereocenters. The molecule has 2 aliphatic heterocycles. The first-order valence-electron chi connectivity index (χ1n) is 5.93. The molecule has 0 spiro atoms. The Bertz CT molecular complexity index is 302. The lowest BCUT2D eigenvalue weighted by atomic mass is 10.2. The van der Waals surface area contributed by atoms with Crippen LogP contribution in [0.4, 0.5) is 0 Å². The number of likely N-dealkylation sites (tertiary alicyclic amines) is 1. The van der Waals surface area contributed by atoms with Gasteiger partial charge in [0.1, 0.15) is 12.1 Å². The molecule has 1 N–H and O–H groups in total. The Morgan fingerprint density at radius 2 is 2.29 bits per heavy atom. The van der Waals surface area contributed by atoms with Gasteiger partial charge in [0, 0.05) is 13.1 Å². The van der Waals surface area contributed by atoms with E-state index in [4.69, 9.17) is 9.47 Å². The maximum absolute atomic E-state index is 12.2. The Morgan fingerprint density at radius 1 is 1.47 bits per heavy atom. The number of esters is 1. The van der Waals surface area contributed by atoms with Crippen molar-refractivity contribution in [2.24, 2.45) is 0 Å². The topological polar surface area (TPSA) is 67.9 Å². The van der Waals surface area contributed by atoms with Crippen molar-refractivity contribution in [3.05, 3.63) is 0 Å². The summed E-state index contributed by atoms with van der Waals surface area (Å²) >= 11 is 0. The van der Waals surface area contributed by atoms with Gasteiger partial charge in [-0.05, 0) is 12.8 Å². The van der Waals surface area contributed by atoms with E-state index in [0.717, 1.165) is 6.42 Å². The van der Waals surface area contributed by atoms with E-state index in [0.29, 0.717) is 32.7 Å². The summed E-state index contributed by atoms with van der Waals surface area (Å²) in [6.07, 6.45) is 1.53. The summed E-state index contributed by atoms with van der Waals surface area (Å²) in [7, 11) is 1.35. The lowest BCUT2D eigenvalue weighted by Gasteiger charge is -2.30. The minimum atomic E-state index is -0.420. The van der Waals surface area contributed by atoms with Crippen LogP contribution in [-0.4, -0.2) is 62.3 Å². The SMILES string of the molecule is COC(=O)[C@H]1CCCN1C(=O)[C@@H]1COCCN1. The van der Waals surface area contributed by atoms with Crippen molar-refractivity contribution in [2.75, 3.05) is 33.4 Å². The van der Waals surface area contributed by atoms with E-state index in [9.17, 15) is 9.59 Å². The van der Waals surface area contributed by atoms with Crippen molar-refractivity contribution < 1.29 is 19.1 Å². The highest BCUT2D eigenvalue weighted by Crippen LogP contribution is 2.19. The Balaban J connectivity index is 1.99. The van der Waals surface area contributed by atoms with Crippen molar-refractivity contribution in [2.45, 2.75) is 24.9 Å². The highest BCUT2D eigenvalue weighted by Gasteiger charge is 2.38. The molecule has 1 amide bonds. The molecular weight excluding hydrogens is 224 g/mol. The zero-order valence-corrected chi connectivity index (χ0v) is 9.98. The fourth-order valence-electron chi connectivity index (χ4n) is 2.34. The summed E-state index contributed by atoms with van der Waals surface area (Å²) < 4.78 is 9.98. The predicted octanol–water partition coefficient (Wildman–Crippen LogP) is -0.861. The van der Waals surface area contributed by atoms with E-state index in [2.05, 4.69) is 5.32 Å². The van der Waals surface area contributed by atoms with Crippen molar-refractivity contribution >= 4 is 11.9 Å². The molecule has 96 valence electrons. The fraction of sp³-hybridized carbons (Fsp3) is 0.818. The van der Waals surface area contributed by atoms with Gasteiger partial charge in [-0.2, -0.15) is 0 Å². The normalized spacial score (nSPS) is 29.1. The maximum Gasteiger partial charge on any atom is 0.328 e.